The van der Waals surface area contributed by atoms with E-state index in [2.05, 4.69) is 15.0 Å². The zero-order valence-corrected chi connectivity index (χ0v) is 18.0. The van der Waals surface area contributed by atoms with E-state index in [0.29, 0.717) is 27.0 Å². The highest BCUT2D eigenvalue weighted by molar-refractivity contribution is 6.32. The molecule has 0 aliphatic carbocycles. The molecule has 0 spiro atoms. The average molecular weight is 477 g/mol. The fourth-order valence-electron chi connectivity index (χ4n) is 4.47. The van der Waals surface area contributed by atoms with Crippen molar-refractivity contribution in [3.8, 4) is 11.1 Å². The van der Waals surface area contributed by atoms with E-state index in [-0.39, 0.29) is 39.9 Å². The van der Waals surface area contributed by atoms with Crippen LogP contribution in [0.15, 0.2) is 64.4 Å². The number of rotatable bonds is 4. The number of fused-ring (bicyclic) bond motifs is 4. The molecule has 0 saturated heterocycles. The monoisotopic (exact) mass is 476 g/mol. The van der Waals surface area contributed by atoms with Gasteiger partial charge in [0.2, 0.25) is 0 Å². The topological polar surface area (TPSA) is 117 Å². The Morgan fingerprint density at radius 1 is 1.24 bits per heavy atom. The Balaban J connectivity index is 1.75. The number of imidazole rings is 1. The number of aromatic nitrogens is 4. The Bertz CT molecular complexity index is 1830. The molecule has 0 radical (unpaired) electrons. The lowest BCUT2D eigenvalue weighted by Gasteiger charge is -2.11. The number of hydrogen-bond acceptors (Lipinski definition) is 4. The highest BCUT2D eigenvalue weighted by Crippen LogP contribution is 2.40. The van der Waals surface area contributed by atoms with Crippen molar-refractivity contribution in [1.82, 2.24) is 19.5 Å². The molecule has 0 atom stereocenters. The molecule has 0 aliphatic rings. The Morgan fingerprint density at radius 2 is 2.09 bits per heavy atom. The Labute approximate surface area is 194 Å². The van der Waals surface area contributed by atoms with Crippen LogP contribution in [0.4, 0.5) is 4.39 Å². The van der Waals surface area contributed by atoms with Crippen LogP contribution in [0.3, 0.4) is 0 Å². The summed E-state index contributed by atoms with van der Waals surface area (Å²) in [6.45, 7) is 0.00230. The van der Waals surface area contributed by atoms with Gasteiger partial charge in [0.1, 0.15) is 17.1 Å². The van der Waals surface area contributed by atoms with Crippen LogP contribution >= 0.6 is 11.6 Å². The van der Waals surface area contributed by atoms with E-state index in [4.69, 9.17) is 16.0 Å². The number of aromatic carboxylic acids is 1. The van der Waals surface area contributed by atoms with Gasteiger partial charge in [0.15, 0.2) is 0 Å². The average Bonchev–Trinajstić information content (AvgIpc) is 3.52. The fourth-order valence-corrected chi connectivity index (χ4v) is 4.68. The molecule has 8 nitrogen and oxygen atoms in total. The molecular weight excluding hydrogens is 463 g/mol. The fraction of sp³-hybridized carbons (Fsp3) is 0.0417. The van der Waals surface area contributed by atoms with Crippen molar-refractivity contribution in [2.24, 2.45) is 0 Å². The highest BCUT2D eigenvalue weighted by Gasteiger charge is 2.29. The van der Waals surface area contributed by atoms with Gasteiger partial charge in [-0.15, -0.1) is 0 Å². The molecule has 34 heavy (non-hydrogen) atoms. The first-order chi connectivity index (χ1) is 16.4. The number of hydrogen-bond donors (Lipinski definition) is 3. The Morgan fingerprint density at radius 3 is 2.88 bits per heavy atom. The number of carbonyl (C=O) groups is 1. The van der Waals surface area contributed by atoms with Gasteiger partial charge in [-0.05, 0) is 42.0 Å². The van der Waals surface area contributed by atoms with Gasteiger partial charge in [-0.3, -0.25) is 4.79 Å². The Hall–Kier alpha value is -4.37. The van der Waals surface area contributed by atoms with Crippen LogP contribution in [0.25, 0.3) is 44.0 Å². The van der Waals surface area contributed by atoms with Crippen molar-refractivity contribution in [3.05, 3.63) is 87.6 Å². The summed E-state index contributed by atoms with van der Waals surface area (Å²) >= 11 is 6.49. The third kappa shape index (κ3) is 2.87. The van der Waals surface area contributed by atoms with Crippen LogP contribution < -0.4 is 5.56 Å². The first-order valence-corrected chi connectivity index (χ1v) is 10.6. The van der Waals surface area contributed by atoms with Gasteiger partial charge in [-0.2, -0.15) is 0 Å². The normalized spacial score (nSPS) is 11.7. The first kappa shape index (κ1) is 20.3. The number of pyridine rings is 1. The lowest BCUT2D eigenvalue weighted by atomic mass is 10.0. The molecule has 3 N–H and O–H groups in total. The standard InChI is InChI=1S/C24H14ClFN4O4/c25-14-7-17-16(28-10-29-17)6-11(14)9-30-18-8-15(26)12-3-5-34-22(12)20(18)19(21(30)24(32)33)13-2-1-4-27-23(13)31/h1-8,10H,9H2,(H,27,31)(H,28,29)(H,32,33). The summed E-state index contributed by atoms with van der Waals surface area (Å²) in [5, 5.41) is 11.2. The number of carboxylic acids is 1. The summed E-state index contributed by atoms with van der Waals surface area (Å²) in [6, 6.07) is 9.26. The van der Waals surface area contributed by atoms with Crippen LogP contribution in [0.1, 0.15) is 16.1 Å². The summed E-state index contributed by atoms with van der Waals surface area (Å²) in [5.74, 6) is -1.86. The molecule has 0 aliphatic heterocycles. The molecule has 168 valence electrons. The molecule has 4 aromatic heterocycles. The van der Waals surface area contributed by atoms with Crippen LogP contribution in [0.2, 0.25) is 5.02 Å². The quantitative estimate of drug-likeness (QED) is 0.325. The predicted molar refractivity (Wildman–Crippen MR) is 125 cm³/mol. The summed E-state index contributed by atoms with van der Waals surface area (Å²) < 4.78 is 22.0. The van der Waals surface area contributed by atoms with Gasteiger partial charge in [0.25, 0.3) is 5.56 Å². The smallest absolute Gasteiger partial charge is 0.353 e. The second kappa shape index (κ2) is 7.32. The molecule has 6 rings (SSSR count). The van der Waals surface area contributed by atoms with Crippen LogP contribution in [-0.4, -0.2) is 30.6 Å². The second-order valence-corrected chi connectivity index (χ2v) is 8.21. The lowest BCUT2D eigenvalue weighted by Crippen LogP contribution is -2.13. The van der Waals surface area contributed by atoms with Crippen LogP contribution in [0.5, 0.6) is 0 Å². The third-order valence-electron chi connectivity index (χ3n) is 5.92. The van der Waals surface area contributed by atoms with Gasteiger partial charge in [0.05, 0.1) is 45.5 Å². The van der Waals surface area contributed by atoms with E-state index in [1.54, 1.807) is 18.2 Å². The maximum atomic E-state index is 15.0. The van der Waals surface area contributed by atoms with Crippen molar-refractivity contribution in [3.63, 3.8) is 0 Å². The molecule has 4 heterocycles. The summed E-state index contributed by atoms with van der Waals surface area (Å²) in [6.07, 6.45) is 4.31. The van der Waals surface area contributed by atoms with Crippen LogP contribution in [-0.2, 0) is 6.54 Å². The van der Waals surface area contributed by atoms with Crippen molar-refractivity contribution in [1.29, 1.82) is 0 Å². The maximum absolute atomic E-state index is 15.0. The van der Waals surface area contributed by atoms with Gasteiger partial charge in [-0.1, -0.05) is 11.6 Å². The van der Waals surface area contributed by atoms with E-state index in [9.17, 15) is 14.7 Å². The summed E-state index contributed by atoms with van der Waals surface area (Å²) in [7, 11) is 0. The van der Waals surface area contributed by atoms with E-state index < -0.39 is 17.3 Å². The molecule has 0 saturated carbocycles. The minimum Gasteiger partial charge on any atom is -0.477 e. The molecule has 10 heteroatoms. The molecule has 0 unspecified atom stereocenters. The number of nitrogens with zero attached hydrogens (tertiary/aromatic N) is 2. The predicted octanol–water partition coefficient (Wildman–Crippen LogP) is 5.16. The summed E-state index contributed by atoms with van der Waals surface area (Å²) in [4.78, 5) is 35.1. The number of benzene rings is 2. The number of nitrogens with one attached hydrogen (secondary N) is 2. The van der Waals surface area contributed by atoms with Gasteiger partial charge in [0, 0.05) is 23.3 Å². The molecular formula is C24H14ClFN4O4. The zero-order valence-electron chi connectivity index (χ0n) is 17.2. The number of halogens is 2. The van der Waals surface area contributed by atoms with Crippen molar-refractivity contribution >= 4 is 50.5 Å². The van der Waals surface area contributed by atoms with Crippen molar-refractivity contribution < 1.29 is 18.7 Å². The number of carboxylic acid groups (broad SMARTS) is 1. The van der Waals surface area contributed by atoms with E-state index in [1.165, 1.54) is 41.6 Å². The SMILES string of the molecule is O=C(O)c1c(-c2ccc[nH]c2=O)c2c3occc3c(F)cc2n1Cc1cc2[nH]cnc2cc1Cl. The molecule has 6 aromatic rings. The lowest BCUT2D eigenvalue weighted by molar-refractivity contribution is 0.0687. The first-order valence-electron chi connectivity index (χ1n) is 10.2. The van der Waals surface area contributed by atoms with Crippen LogP contribution in [0, 0.1) is 5.82 Å². The maximum Gasteiger partial charge on any atom is 0.353 e. The van der Waals surface area contributed by atoms with Gasteiger partial charge >= 0.3 is 5.97 Å². The third-order valence-corrected chi connectivity index (χ3v) is 6.28. The van der Waals surface area contributed by atoms with E-state index in [1.807, 2.05) is 0 Å². The largest absolute Gasteiger partial charge is 0.477 e. The number of H-pyrrole nitrogens is 2. The second-order valence-electron chi connectivity index (χ2n) is 7.81. The highest BCUT2D eigenvalue weighted by atomic mass is 35.5. The molecule has 0 fully saturated rings. The molecule has 0 amide bonds. The number of furan rings is 1. The minimum atomic E-state index is -1.28. The molecule has 2 aromatic carbocycles. The van der Waals surface area contributed by atoms with Crippen molar-refractivity contribution in [2.45, 2.75) is 6.54 Å². The Kier molecular flexibility index (Phi) is 4.36. The number of aromatic amines is 2. The minimum absolute atomic E-state index is 0.00230. The van der Waals surface area contributed by atoms with Gasteiger partial charge in [-0.25, -0.2) is 14.2 Å². The van der Waals surface area contributed by atoms with Gasteiger partial charge < -0.3 is 24.1 Å². The van der Waals surface area contributed by atoms with Crippen molar-refractivity contribution in [2.75, 3.05) is 0 Å². The zero-order chi connectivity index (χ0) is 23.6. The van der Waals surface area contributed by atoms with E-state index in [0.717, 1.165) is 0 Å². The van der Waals surface area contributed by atoms with E-state index >= 15 is 4.39 Å². The summed E-state index contributed by atoms with van der Waals surface area (Å²) in [5.41, 5.74) is 1.98. The molecule has 0 bridgehead atoms.